The third kappa shape index (κ3) is 2.59. The van der Waals surface area contributed by atoms with Gasteiger partial charge in [-0.2, -0.15) is 0 Å². The van der Waals surface area contributed by atoms with Crippen LogP contribution in [-0.2, 0) is 10.2 Å². The molecule has 2 aliphatic heterocycles. The van der Waals surface area contributed by atoms with Crippen LogP contribution in [0, 0.1) is 11.2 Å². The molecule has 1 aliphatic carbocycles. The number of hydrogen-bond donors (Lipinski definition) is 0. The molecule has 0 amide bonds. The van der Waals surface area contributed by atoms with Gasteiger partial charge in [-0.1, -0.05) is 25.0 Å². The zero-order chi connectivity index (χ0) is 15.0. The maximum absolute atomic E-state index is 13.3. The predicted octanol–water partition coefficient (Wildman–Crippen LogP) is 3.75. The highest BCUT2D eigenvalue weighted by atomic mass is 19.1. The first-order valence-electron chi connectivity index (χ1n) is 8.76. The van der Waals surface area contributed by atoms with E-state index in [-0.39, 0.29) is 11.2 Å². The van der Waals surface area contributed by atoms with Crippen LogP contribution in [0.2, 0.25) is 0 Å². The maximum Gasteiger partial charge on any atom is 0.123 e. The van der Waals surface area contributed by atoms with Gasteiger partial charge in [-0.25, -0.2) is 4.39 Å². The van der Waals surface area contributed by atoms with Crippen molar-refractivity contribution >= 4 is 0 Å². The predicted molar refractivity (Wildman–Crippen MR) is 85.5 cm³/mol. The number of ether oxygens (including phenoxy) is 1. The SMILES string of the molecule is Fc1ccc(C2(CN3CCC4(CCCC4)C3)CCOC2)cc1. The van der Waals surface area contributed by atoms with E-state index in [1.807, 2.05) is 12.1 Å². The number of hydrogen-bond acceptors (Lipinski definition) is 2. The number of nitrogens with zero attached hydrogens (tertiary/aromatic N) is 1. The normalized spacial score (nSPS) is 31.3. The summed E-state index contributed by atoms with van der Waals surface area (Å²) in [5.41, 5.74) is 1.93. The maximum atomic E-state index is 13.3. The molecule has 1 atom stereocenters. The van der Waals surface area contributed by atoms with Crippen LogP contribution in [0.5, 0.6) is 0 Å². The Bertz CT molecular complexity index is 515. The number of likely N-dealkylation sites (tertiary alicyclic amines) is 1. The Morgan fingerprint density at radius 3 is 2.50 bits per heavy atom. The minimum Gasteiger partial charge on any atom is -0.380 e. The van der Waals surface area contributed by atoms with Gasteiger partial charge in [-0.05, 0) is 55.3 Å². The smallest absolute Gasteiger partial charge is 0.123 e. The van der Waals surface area contributed by atoms with E-state index < -0.39 is 0 Å². The van der Waals surface area contributed by atoms with E-state index in [1.54, 1.807) is 12.1 Å². The Morgan fingerprint density at radius 2 is 1.82 bits per heavy atom. The number of halogens is 1. The van der Waals surface area contributed by atoms with Crippen LogP contribution in [0.1, 0.15) is 44.1 Å². The summed E-state index contributed by atoms with van der Waals surface area (Å²) in [6.07, 6.45) is 8.10. The Hall–Kier alpha value is -0.930. The number of rotatable bonds is 3. The highest BCUT2D eigenvalue weighted by Crippen LogP contribution is 2.46. The molecule has 4 rings (SSSR count). The molecule has 1 aromatic rings. The van der Waals surface area contributed by atoms with Crippen molar-refractivity contribution in [3.8, 4) is 0 Å². The van der Waals surface area contributed by atoms with Gasteiger partial charge < -0.3 is 9.64 Å². The van der Waals surface area contributed by atoms with Crippen molar-refractivity contribution in [2.45, 2.75) is 43.9 Å². The molecule has 3 heteroatoms. The molecule has 3 aliphatic rings. The lowest BCUT2D eigenvalue weighted by atomic mass is 9.79. The van der Waals surface area contributed by atoms with Gasteiger partial charge in [0, 0.05) is 25.1 Å². The first-order valence-corrected chi connectivity index (χ1v) is 8.76. The second kappa shape index (κ2) is 5.61. The average Bonchev–Trinajstić information content (AvgIpc) is 3.24. The Morgan fingerprint density at radius 1 is 1.05 bits per heavy atom. The van der Waals surface area contributed by atoms with Gasteiger partial charge in [0.25, 0.3) is 0 Å². The van der Waals surface area contributed by atoms with E-state index >= 15 is 0 Å². The fraction of sp³-hybridized carbons (Fsp3) is 0.684. The highest BCUT2D eigenvalue weighted by Gasteiger charge is 2.44. The molecule has 2 heterocycles. The molecule has 0 aromatic heterocycles. The lowest BCUT2D eigenvalue weighted by molar-refractivity contribution is 0.153. The molecule has 1 aromatic carbocycles. The summed E-state index contributed by atoms with van der Waals surface area (Å²) in [5.74, 6) is -0.149. The van der Waals surface area contributed by atoms with Crippen molar-refractivity contribution in [3.63, 3.8) is 0 Å². The standard InChI is InChI=1S/C19H26FNO/c20-17-5-3-16(4-6-17)19(10-12-22-15-19)14-21-11-9-18(13-21)7-1-2-8-18/h3-6H,1-2,7-15H2. The summed E-state index contributed by atoms with van der Waals surface area (Å²) in [6, 6.07) is 7.12. The summed E-state index contributed by atoms with van der Waals surface area (Å²) < 4.78 is 19.0. The molecule has 0 bridgehead atoms. The topological polar surface area (TPSA) is 12.5 Å². The van der Waals surface area contributed by atoms with E-state index in [2.05, 4.69) is 4.90 Å². The van der Waals surface area contributed by atoms with Crippen molar-refractivity contribution in [2.75, 3.05) is 32.8 Å². The zero-order valence-electron chi connectivity index (χ0n) is 13.3. The lowest BCUT2D eigenvalue weighted by Gasteiger charge is -2.34. The largest absolute Gasteiger partial charge is 0.380 e. The molecule has 120 valence electrons. The molecule has 1 spiro atoms. The summed E-state index contributed by atoms with van der Waals surface area (Å²) >= 11 is 0. The molecular formula is C19H26FNO. The van der Waals surface area contributed by atoms with E-state index in [1.165, 1.54) is 50.8 Å². The van der Waals surface area contributed by atoms with Gasteiger partial charge in [0.2, 0.25) is 0 Å². The highest BCUT2D eigenvalue weighted by molar-refractivity contribution is 5.28. The fourth-order valence-corrected chi connectivity index (χ4v) is 4.98. The van der Waals surface area contributed by atoms with Crippen LogP contribution in [0.15, 0.2) is 24.3 Å². The molecule has 0 N–H and O–H groups in total. The summed E-state index contributed by atoms with van der Waals surface area (Å²) in [7, 11) is 0. The zero-order valence-corrected chi connectivity index (χ0v) is 13.3. The van der Waals surface area contributed by atoms with Gasteiger partial charge in [0.15, 0.2) is 0 Å². The van der Waals surface area contributed by atoms with E-state index in [0.29, 0.717) is 5.41 Å². The summed E-state index contributed by atoms with van der Waals surface area (Å²) in [6.45, 7) is 5.16. The van der Waals surface area contributed by atoms with Crippen LogP contribution in [-0.4, -0.2) is 37.7 Å². The first-order chi connectivity index (χ1) is 10.7. The third-order valence-electron chi connectivity index (χ3n) is 6.27. The molecule has 0 radical (unpaired) electrons. The number of benzene rings is 1. The second-order valence-electron chi connectivity index (χ2n) is 7.76. The van der Waals surface area contributed by atoms with E-state index in [4.69, 9.17) is 4.74 Å². The Kier molecular flexibility index (Phi) is 3.74. The average molecular weight is 303 g/mol. The van der Waals surface area contributed by atoms with Gasteiger partial charge in [-0.15, -0.1) is 0 Å². The van der Waals surface area contributed by atoms with Crippen LogP contribution >= 0.6 is 0 Å². The molecule has 3 fully saturated rings. The molecule has 1 saturated carbocycles. The van der Waals surface area contributed by atoms with Gasteiger partial charge in [-0.3, -0.25) is 0 Å². The molecular weight excluding hydrogens is 277 g/mol. The Balaban J connectivity index is 1.52. The van der Waals surface area contributed by atoms with Crippen molar-refractivity contribution in [3.05, 3.63) is 35.6 Å². The van der Waals surface area contributed by atoms with E-state index in [9.17, 15) is 4.39 Å². The van der Waals surface area contributed by atoms with Crippen molar-refractivity contribution < 1.29 is 9.13 Å². The van der Waals surface area contributed by atoms with Gasteiger partial charge in [0.05, 0.1) is 6.61 Å². The van der Waals surface area contributed by atoms with E-state index in [0.717, 1.165) is 26.2 Å². The molecule has 2 saturated heterocycles. The monoisotopic (exact) mass is 303 g/mol. The summed E-state index contributed by atoms with van der Waals surface area (Å²) in [4.78, 5) is 2.66. The molecule has 22 heavy (non-hydrogen) atoms. The van der Waals surface area contributed by atoms with Crippen molar-refractivity contribution in [1.82, 2.24) is 4.90 Å². The van der Waals surface area contributed by atoms with Crippen LogP contribution < -0.4 is 0 Å². The van der Waals surface area contributed by atoms with Crippen molar-refractivity contribution in [1.29, 1.82) is 0 Å². The minimum atomic E-state index is -0.149. The Labute approximate surface area is 132 Å². The second-order valence-corrected chi connectivity index (χ2v) is 7.76. The summed E-state index contributed by atoms with van der Waals surface area (Å²) in [5, 5.41) is 0. The van der Waals surface area contributed by atoms with Crippen LogP contribution in [0.3, 0.4) is 0 Å². The van der Waals surface area contributed by atoms with Gasteiger partial charge in [0.1, 0.15) is 5.82 Å². The van der Waals surface area contributed by atoms with Crippen molar-refractivity contribution in [2.24, 2.45) is 5.41 Å². The van der Waals surface area contributed by atoms with Gasteiger partial charge >= 0.3 is 0 Å². The third-order valence-corrected chi connectivity index (χ3v) is 6.27. The van der Waals surface area contributed by atoms with Crippen LogP contribution in [0.25, 0.3) is 0 Å². The molecule has 2 nitrogen and oxygen atoms in total. The lowest BCUT2D eigenvalue weighted by Crippen LogP contribution is -2.41. The minimum absolute atomic E-state index is 0.0673. The van der Waals surface area contributed by atoms with Crippen LogP contribution in [0.4, 0.5) is 4.39 Å². The quantitative estimate of drug-likeness (QED) is 0.843. The fourth-order valence-electron chi connectivity index (χ4n) is 4.98. The molecule has 1 unspecified atom stereocenters. The first kappa shape index (κ1) is 14.6.